The summed E-state index contributed by atoms with van der Waals surface area (Å²) in [5.41, 5.74) is 3.97. The van der Waals surface area contributed by atoms with Gasteiger partial charge < -0.3 is 4.98 Å². The fraction of sp³-hybridized carbons (Fsp3) is 0.0625. The van der Waals surface area contributed by atoms with Crippen LogP contribution in [0.1, 0.15) is 5.69 Å². The highest BCUT2D eigenvalue weighted by atomic mass is 35.5. The predicted molar refractivity (Wildman–Crippen MR) is 86.3 cm³/mol. The summed E-state index contributed by atoms with van der Waals surface area (Å²) in [6.07, 6.45) is 3.19. The van der Waals surface area contributed by atoms with E-state index in [1.54, 1.807) is 16.9 Å². The van der Waals surface area contributed by atoms with Gasteiger partial charge in [0.25, 0.3) is 5.56 Å². The smallest absolute Gasteiger partial charge is 0.258 e. The summed E-state index contributed by atoms with van der Waals surface area (Å²) in [7, 11) is 0. The van der Waals surface area contributed by atoms with Gasteiger partial charge in [0.2, 0.25) is 0 Å². The van der Waals surface area contributed by atoms with Crippen molar-refractivity contribution in [2.75, 3.05) is 0 Å². The minimum atomic E-state index is -0.177. The highest BCUT2D eigenvalue weighted by molar-refractivity contribution is 6.30. The van der Waals surface area contributed by atoms with Gasteiger partial charge in [-0.15, -0.1) is 0 Å². The molecule has 0 unspecified atom stereocenters. The second-order valence-corrected chi connectivity index (χ2v) is 5.51. The van der Waals surface area contributed by atoms with Crippen LogP contribution in [0.3, 0.4) is 0 Å². The van der Waals surface area contributed by atoms with Gasteiger partial charge in [-0.1, -0.05) is 23.7 Å². The van der Waals surface area contributed by atoms with Crippen molar-refractivity contribution >= 4 is 28.2 Å². The molecule has 0 radical (unpaired) electrons. The van der Waals surface area contributed by atoms with Crippen LogP contribution in [0.5, 0.6) is 0 Å². The molecule has 0 saturated carbocycles. The lowest BCUT2D eigenvalue weighted by atomic mass is 10.1. The fourth-order valence-corrected chi connectivity index (χ4v) is 2.89. The first-order valence-corrected chi connectivity index (χ1v) is 7.14. The highest BCUT2D eigenvalue weighted by Crippen LogP contribution is 2.29. The largest absolute Gasteiger partial charge is 0.328 e. The molecule has 0 fully saturated rings. The minimum Gasteiger partial charge on any atom is -0.328 e. The molecule has 0 aliphatic carbocycles. The number of aromatic nitrogens is 4. The van der Waals surface area contributed by atoms with Crippen molar-refractivity contribution in [3.05, 3.63) is 63.8 Å². The topological polar surface area (TPSA) is 63.1 Å². The molecule has 3 heterocycles. The molecule has 4 aromatic rings. The number of hydrogen-bond acceptors (Lipinski definition) is 3. The number of benzene rings is 1. The molecule has 1 N–H and O–H groups in total. The van der Waals surface area contributed by atoms with Gasteiger partial charge in [0.15, 0.2) is 5.65 Å². The Kier molecular flexibility index (Phi) is 2.77. The number of aromatic amines is 1. The first-order valence-electron chi connectivity index (χ1n) is 6.77. The molecular weight excluding hydrogens is 300 g/mol. The molecule has 108 valence electrons. The first kappa shape index (κ1) is 13.0. The Labute approximate surface area is 130 Å². The third-order valence-corrected chi connectivity index (χ3v) is 3.90. The van der Waals surface area contributed by atoms with Crippen LogP contribution in [-0.4, -0.2) is 19.6 Å². The van der Waals surface area contributed by atoms with E-state index in [-0.39, 0.29) is 5.56 Å². The lowest BCUT2D eigenvalue weighted by Crippen LogP contribution is -2.07. The number of rotatable bonds is 1. The zero-order chi connectivity index (χ0) is 15.3. The standard InChI is InChI=1S/C16H11ClN4O/c1-9-14(10-3-2-4-11(17)7-10)15-19-8-12-13(21(15)20-9)5-6-18-16(12)22/h2-8H,1H3,(H,18,22). The molecule has 0 saturated heterocycles. The van der Waals surface area contributed by atoms with E-state index in [1.165, 1.54) is 0 Å². The van der Waals surface area contributed by atoms with E-state index in [0.29, 0.717) is 16.1 Å². The van der Waals surface area contributed by atoms with E-state index >= 15 is 0 Å². The minimum absolute atomic E-state index is 0.177. The normalized spacial score (nSPS) is 11.4. The summed E-state index contributed by atoms with van der Waals surface area (Å²) in [4.78, 5) is 19.0. The Hall–Kier alpha value is -2.66. The number of H-pyrrole nitrogens is 1. The Bertz CT molecular complexity index is 1080. The molecule has 22 heavy (non-hydrogen) atoms. The van der Waals surface area contributed by atoms with Crippen LogP contribution >= 0.6 is 11.6 Å². The number of hydrogen-bond donors (Lipinski definition) is 1. The van der Waals surface area contributed by atoms with E-state index in [9.17, 15) is 4.79 Å². The average molecular weight is 311 g/mol. The Morgan fingerprint density at radius 2 is 2.14 bits per heavy atom. The number of nitrogens with zero attached hydrogens (tertiary/aromatic N) is 3. The van der Waals surface area contributed by atoms with Crippen molar-refractivity contribution < 1.29 is 0 Å². The van der Waals surface area contributed by atoms with Crippen LogP contribution in [0.25, 0.3) is 27.7 Å². The maximum Gasteiger partial charge on any atom is 0.258 e. The van der Waals surface area contributed by atoms with E-state index in [0.717, 1.165) is 22.3 Å². The molecule has 0 aliphatic rings. The van der Waals surface area contributed by atoms with E-state index in [4.69, 9.17) is 11.6 Å². The second kappa shape index (κ2) is 4.68. The zero-order valence-corrected chi connectivity index (χ0v) is 12.4. The lowest BCUT2D eigenvalue weighted by Gasteiger charge is -2.02. The molecule has 0 atom stereocenters. The van der Waals surface area contributed by atoms with Gasteiger partial charge in [-0.3, -0.25) is 4.79 Å². The SMILES string of the molecule is Cc1nn2c(ncc3c(=O)[nH]ccc32)c1-c1cccc(Cl)c1. The van der Waals surface area contributed by atoms with Gasteiger partial charge in [-0.25, -0.2) is 9.50 Å². The number of nitrogens with one attached hydrogen (secondary N) is 1. The third kappa shape index (κ3) is 1.83. The van der Waals surface area contributed by atoms with Gasteiger partial charge in [0.05, 0.1) is 16.6 Å². The lowest BCUT2D eigenvalue weighted by molar-refractivity contribution is 0.953. The van der Waals surface area contributed by atoms with Crippen LogP contribution in [0.15, 0.2) is 47.5 Å². The maximum atomic E-state index is 11.9. The quantitative estimate of drug-likeness (QED) is 0.587. The van der Waals surface area contributed by atoms with Gasteiger partial charge in [-0.05, 0) is 30.7 Å². The third-order valence-electron chi connectivity index (χ3n) is 3.67. The summed E-state index contributed by atoms with van der Waals surface area (Å²) in [6.45, 7) is 1.92. The molecular formula is C16H11ClN4O. The van der Waals surface area contributed by atoms with E-state index in [2.05, 4.69) is 15.1 Å². The van der Waals surface area contributed by atoms with Crippen LogP contribution in [0, 0.1) is 6.92 Å². The van der Waals surface area contributed by atoms with Crippen LogP contribution in [0.2, 0.25) is 5.02 Å². The Morgan fingerprint density at radius 1 is 1.27 bits per heavy atom. The Morgan fingerprint density at radius 3 is 2.95 bits per heavy atom. The molecule has 0 aliphatic heterocycles. The summed E-state index contributed by atoms with van der Waals surface area (Å²) in [5.74, 6) is 0. The van der Waals surface area contributed by atoms with Gasteiger partial charge in [0.1, 0.15) is 0 Å². The molecule has 5 nitrogen and oxygen atoms in total. The van der Waals surface area contributed by atoms with Crippen LogP contribution in [0.4, 0.5) is 0 Å². The van der Waals surface area contributed by atoms with Crippen LogP contribution in [-0.2, 0) is 0 Å². The van der Waals surface area contributed by atoms with Gasteiger partial charge >= 0.3 is 0 Å². The van der Waals surface area contributed by atoms with Crippen molar-refractivity contribution in [3.63, 3.8) is 0 Å². The zero-order valence-electron chi connectivity index (χ0n) is 11.7. The molecule has 1 aromatic carbocycles. The van der Waals surface area contributed by atoms with Crippen molar-refractivity contribution in [1.82, 2.24) is 19.6 Å². The predicted octanol–water partition coefficient (Wildman–Crippen LogP) is 3.20. The van der Waals surface area contributed by atoms with Gasteiger partial charge in [0, 0.05) is 23.0 Å². The monoisotopic (exact) mass is 310 g/mol. The Balaban J connectivity index is 2.13. The number of pyridine rings is 1. The molecule has 4 rings (SSSR count). The highest BCUT2D eigenvalue weighted by Gasteiger charge is 2.15. The number of fused-ring (bicyclic) bond motifs is 3. The van der Waals surface area contributed by atoms with Crippen molar-refractivity contribution in [2.24, 2.45) is 0 Å². The average Bonchev–Trinajstić information content (AvgIpc) is 2.84. The van der Waals surface area contributed by atoms with E-state index in [1.807, 2.05) is 37.3 Å². The number of halogens is 1. The van der Waals surface area contributed by atoms with Gasteiger partial charge in [-0.2, -0.15) is 5.10 Å². The second-order valence-electron chi connectivity index (χ2n) is 5.07. The van der Waals surface area contributed by atoms with Crippen molar-refractivity contribution in [3.8, 4) is 11.1 Å². The fourth-order valence-electron chi connectivity index (χ4n) is 2.70. The molecule has 0 bridgehead atoms. The summed E-state index contributed by atoms with van der Waals surface area (Å²) >= 11 is 6.09. The molecule has 3 aromatic heterocycles. The molecule has 6 heteroatoms. The van der Waals surface area contributed by atoms with Crippen molar-refractivity contribution in [1.29, 1.82) is 0 Å². The summed E-state index contributed by atoms with van der Waals surface area (Å²) in [6, 6.07) is 9.40. The molecule has 0 spiro atoms. The molecule has 0 amide bonds. The summed E-state index contributed by atoms with van der Waals surface area (Å²) < 4.78 is 1.70. The summed E-state index contributed by atoms with van der Waals surface area (Å²) in [5, 5.41) is 5.72. The maximum absolute atomic E-state index is 11.9. The van der Waals surface area contributed by atoms with Crippen LogP contribution < -0.4 is 5.56 Å². The van der Waals surface area contributed by atoms with Crippen molar-refractivity contribution in [2.45, 2.75) is 6.92 Å². The van der Waals surface area contributed by atoms with E-state index < -0.39 is 0 Å². The number of aryl methyl sites for hydroxylation is 1. The first-order chi connectivity index (χ1) is 10.6.